The van der Waals surface area contributed by atoms with E-state index in [1.54, 1.807) is 65.9 Å². The summed E-state index contributed by atoms with van der Waals surface area (Å²) in [5.74, 6) is 0. The van der Waals surface area contributed by atoms with Gasteiger partial charge in [0.25, 0.3) is 0 Å². The third-order valence-corrected chi connectivity index (χ3v) is 2.78. The van der Waals surface area contributed by atoms with Crippen molar-refractivity contribution in [3.05, 3.63) is 24.4 Å². The van der Waals surface area contributed by atoms with Gasteiger partial charge in [-0.15, -0.1) is 0 Å². The van der Waals surface area contributed by atoms with E-state index in [0.29, 0.717) is 16.6 Å². The zero-order chi connectivity index (χ0) is 18.1. The van der Waals surface area contributed by atoms with Gasteiger partial charge in [-0.1, -0.05) is 0 Å². The molecule has 24 heavy (non-hydrogen) atoms. The standard InChI is InChI=1S/C17H23N3O4/c1-16(2,3)23-14(21)19-12-7-8-13-11(9-12)10-18-20(13)15(22)24-17(4,5)6/h7-10H,1-6H3,(H,19,21). The maximum atomic E-state index is 12.1. The molecule has 0 bridgehead atoms. The van der Waals surface area contributed by atoms with E-state index in [1.807, 2.05) is 0 Å². The second kappa shape index (κ2) is 6.14. The van der Waals surface area contributed by atoms with E-state index in [2.05, 4.69) is 10.4 Å². The predicted molar refractivity (Wildman–Crippen MR) is 91.2 cm³/mol. The molecule has 0 aliphatic carbocycles. The van der Waals surface area contributed by atoms with E-state index in [9.17, 15) is 9.59 Å². The van der Waals surface area contributed by atoms with E-state index in [0.717, 1.165) is 0 Å². The molecule has 1 heterocycles. The first-order valence-electron chi connectivity index (χ1n) is 7.66. The molecule has 0 spiro atoms. The second-order valence-electron chi connectivity index (χ2n) is 7.44. The number of carbonyl (C=O) groups is 2. The number of hydrogen-bond donors (Lipinski definition) is 1. The van der Waals surface area contributed by atoms with Gasteiger partial charge in [-0.05, 0) is 59.7 Å². The summed E-state index contributed by atoms with van der Waals surface area (Å²) in [4.78, 5) is 23.9. The van der Waals surface area contributed by atoms with E-state index in [-0.39, 0.29) is 0 Å². The van der Waals surface area contributed by atoms with Crippen LogP contribution in [-0.4, -0.2) is 33.2 Å². The van der Waals surface area contributed by atoms with Gasteiger partial charge in [-0.3, -0.25) is 5.32 Å². The third-order valence-electron chi connectivity index (χ3n) is 2.78. The van der Waals surface area contributed by atoms with Crippen molar-refractivity contribution in [3.63, 3.8) is 0 Å². The first-order chi connectivity index (χ1) is 10.9. The van der Waals surface area contributed by atoms with Gasteiger partial charge in [0.15, 0.2) is 0 Å². The smallest absolute Gasteiger partial charge is 0.435 e. The molecule has 2 aromatic rings. The van der Waals surface area contributed by atoms with Crippen LogP contribution in [0.2, 0.25) is 0 Å². The molecule has 0 unspecified atom stereocenters. The quantitative estimate of drug-likeness (QED) is 0.847. The predicted octanol–water partition coefficient (Wildman–Crippen LogP) is 4.17. The SMILES string of the molecule is CC(C)(C)OC(=O)Nc1ccc2c(cnn2C(=O)OC(C)(C)C)c1. The number of rotatable bonds is 1. The summed E-state index contributed by atoms with van der Waals surface area (Å²) in [6.07, 6.45) is 0.450. The van der Waals surface area contributed by atoms with Crippen molar-refractivity contribution in [2.24, 2.45) is 0 Å². The molecule has 1 amide bonds. The van der Waals surface area contributed by atoms with Crippen LogP contribution in [0.15, 0.2) is 24.4 Å². The monoisotopic (exact) mass is 333 g/mol. The van der Waals surface area contributed by atoms with Gasteiger partial charge in [0.2, 0.25) is 0 Å². The summed E-state index contributed by atoms with van der Waals surface area (Å²) >= 11 is 0. The Hall–Kier alpha value is -2.57. The highest BCUT2D eigenvalue weighted by Crippen LogP contribution is 2.21. The lowest BCUT2D eigenvalue weighted by Crippen LogP contribution is -2.27. The molecule has 1 N–H and O–H groups in total. The van der Waals surface area contributed by atoms with Gasteiger partial charge < -0.3 is 9.47 Å². The van der Waals surface area contributed by atoms with Gasteiger partial charge in [0.1, 0.15) is 11.2 Å². The van der Waals surface area contributed by atoms with E-state index >= 15 is 0 Å². The number of aromatic nitrogens is 2. The highest BCUT2D eigenvalue weighted by molar-refractivity contribution is 5.93. The summed E-state index contributed by atoms with van der Waals surface area (Å²) in [5.41, 5.74) is -0.0249. The van der Waals surface area contributed by atoms with Crippen molar-refractivity contribution in [2.75, 3.05) is 5.32 Å². The van der Waals surface area contributed by atoms with Crippen LogP contribution in [0, 0.1) is 0 Å². The fraction of sp³-hybridized carbons (Fsp3) is 0.471. The first kappa shape index (κ1) is 17.8. The number of carbonyl (C=O) groups excluding carboxylic acids is 2. The lowest BCUT2D eigenvalue weighted by Gasteiger charge is -2.20. The average Bonchev–Trinajstić information content (AvgIpc) is 2.77. The Balaban J connectivity index is 2.19. The minimum atomic E-state index is -0.604. The fourth-order valence-corrected chi connectivity index (χ4v) is 1.98. The van der Waals surface area contributed by atoms with Crippen molar-refractivity contribution in [3.8, 4) is 0 Å². The summed E-state index contributed by atoms with van der Waals surface area (Å²) in [5, 5.41) is 7.41. The largest absolute Gasteiger partial charge is 0.444 e. The van der Waals surface area contributed by atoms with E-state index in [1.165, 1.54) is 4.68 Å². The summed E-state index contributed by atoms with van der Waals surface area (Å²) in [7, 11) is 0. The fourth-order valence-electron chi connectivity index (χ4n) is 1.98. The topological polar surface area (TPSA) is 82.5 Å². The van der Waals surface area contributed by atoms with Crippen molar-refractivity contribution in [1.82, 2.24) is 9.78 Å². The Bertz CT molecular complexity index is 766. The van der Waals surface area contributed by atoms with E-state index in [4.69, 9.17) is 9.47 Å². The van der Waals surface area contributed by atoms with Crippen LogP contribution in [0.1, 0.15) is 41.5 Å². The average molecular weight is 333 g/mol. The maximum Gasteiger partial charge on any atom is 0.435 e. The maximum absolute atomic E-state index is 12.1. The van der Waals surface area contributed by atoms with Crippen LogP contribution < -0.4 is 5.32 Å². The Kier molecular flexibility index (Phi) is 4.55. The first-order valence-corrected chi connectivity index (χ1v) is 7.66. The Labute approximate surface area is 140 Å². The molecular formula is C17H23N3O4. The molecular weight excluding hydrogens is 310 g/mol. The van der Waals surface area contributed by atoms with Crippen LogP contribution in [0.25, 0.3) is 10.9 Å². The van der Waals surface area contributed by atoms with Gasteiger partial charge in [-0.25, -0.2) is 9.59 Å². The lowest BCUT2D eigenvalue weighted by atomic mass is 10.2. The van der Waals surface area contributed by atoms with Crippen molar-refractivity contribution >= 4 is 28.8 Å². The van der Waals surface area contributed by atoms with Crippen LogP contribution >= 0.6 is 0 Å². The number of ether oxygens (including phenoxy) is 2. The number of nitrogens with zero attached hydrogens (tertiary/aromatic N) is 2. The van der Waals surface area contributed by atoms with Gasteiger partial charge in [0, 0.05) is 11.1 Å². The molecule has 1 aromatic heterocycles. The molecule has 7 nitrogen and oxygen atoms in total. The van der Waals surface area contributed by atoms with Gasteiger partial charge in [-0.2, -0.15) is 9.78 Å². The number of fused-ring (bicyclic) bond motifs is 1. The van der Waals surface area contributed by atoms with Crippen LogP contribution in [-0.2, 0) is 9.47 Å². The number of anilines is 1. The highest BCUT2D eigenvalue weighted by atomic mass is 16.6. The number of nitrogens with one attached hydrogen (secondary N) is 1. The third kappa shape index (κ3) is 4.71. The molecule has 7 heteroatoms. The van der Waals surface area contributed by atoms with Crippen LogP contribution in [0.3, 0.4) is 0 Å². The summed E-state index contributed by atoms with van der Waals surface area (Å²) in [6.45, 7) is 10.8. The van der Waals surface area contributed by atoms with E-state index < -0.39 is 23.4 Å². The molecule has 0 fully saturated rings. The molecule has 0 atom stereocenters. The molecule has 0 aliphatic heterocycles. The minimum absolute atomic E-state index is 0.540. The summed E-state index contributed by atoms with van der Waals surface area (Å²) in [6, 6.07) is 5.08. The number of amides is 1. The van der Waals surface area contributed by atoms with Gasteiger partial charge in [0.05, 0.1) is 11.7 Å². The normalized spacial score (nSPS) is 12.1. The molecule has 0 saturated carbocycles. The second-order valence-corrected chi connectivity index (χ2v) is 7.44. The van der Waals surface area contributed by atoms with Gasteiger partial charge >= 0.3 is 12.2 Å². The Morgan fingerprint density at radius 1 is 1.04 bits per heavy atom. The van der Waals surface area contributed by atoms with Crippen molar-refractivity contribution in [2.45, 2.75) is 52.7 Å². The number of hydrogen-bond acceptors (Lipinski definition) is 5. The molecule has 1 aromatic carbocycles. The van der Waals surface area contributed by atoms with Crippen molar-refractivity contribution < 1.29 is 19.1 Å². The summed E-state index contributed by atoms with van der Waals surface area (Å²) < 4.78 is 11.7. The molecule has 0 aliphatic rings. The molecule has 0 saturated heterocycles. The molecule has 0 radical (unpaired) electrons. The Morgan fingerprint density at radius 3 is 2.25 bits per heavy atom. The van der Waals surface area contributed by atoms with Crippen LogP contribution in [0.4, 0.5) is 15.3 Å². The minimum Gasteiger partial charge on any atom is -0.444 e. The lowest BCUT2D eigenvalue weighted by molar-refractivity contribution is 0.0521. The highest BCUT2D eigenvalue weighted by Gasteiger charge is 2.20. The molecule has 130 valence electrons. The zero-order valence-corrected chi connectivity index (χ0v) is 14.8. The Morgan fingerprint density at radius 2 is 1.67 bits per heavy atom. The number of benzene rings is 1. The zero-order valence-electron chi connectivity index (χ0n) is 14.8. The van der Waals surface area contributed by atoms with Crippen LogP contribution in [0.5, 0.6) is 0 Å². The molecule has 2 rings (SSSR count). The van der Waals surface area contributed by atoms with Crippen molar-refractivity contribution in [1.29, 1.82) is 0 Å².